The molecular formula is C28H37N3O2. The molecule has 0 radical (unpaired) electrons. The van der Waals surface area contributed by atoms with Gasteiger partial charge in [-0.15, -0.1) is 0 Å². The van der Waals surface area contributed by atoms with Gasteiger partial charge in [0.05, 0.1) is 24.0 Å². The van der Waals surface area contributed by atoms with E-state index >= 15 is 0 Å². The molecule has 2 fully saturated rings. The van der Waals surface area contributed by atoms with Crippen molar-refractivity contribution >= 4 is 11.0 Å². The Morgan fingerprint density at radius 2 is 1.67 bits per heavy atom. The van der Waals surface area contributed by atoms with E-state index in [0.717, 1.165) is 63.4 Å². The van der Waals surface area contributed by atoms with Gasteiger partial charge < -0.3 is 18.9 Å². The van der Waals surface area contributed by atoms with Crippen molar-refractivity contribution in [2.24, 2.45) is 0 Å². The molecular weight excluding hydrogens is 410 g/mol. The monoisotopic (exact) mass is 447 g/mol. The smallest absolute Gasteiger partial charge is 0.119 e. The topological polar surface area (TPSA) is 39.5 Å². The van der Waals surface area contributed by atoms with Gasteiger partial charge in [0.25, 0.3) is 0 Å². The zero-order valence-corrected chi connectivity index (χ0v) is 19.8. The van der Waals surface area contributed by atoms with E-state index in [9.17, 15) is 0 Å². The Hall–Kier alpha value is -2.37. The van der Waals surface area contributed by atoms with Gasteiger partial charge in [0.15, 0.2) is 0 Å². The minimum atomic E-state index is 0.0625. The first-order chi connectivity index (χ1) is 16.3. The third-order valence-corrected chi connectivity index (χ3v) is 7.50. The molecule has 2 aliphatic rings. The van der Waals surface area contributed by atoms with Crippen molar-refractivity contribution in [2.75, 3.05) is 39.5 Å². The fraction of sp³-hybridized carbons (Fsp3) is 0.536. The van der Waals surface area contributed by atoms with Crippen LogP contribution in [-0.2, 0) is 16.7 Å². The minimum absolute atomic E-state index is 0.0625. The Balaban J connectivity index is 1.22. The highest BCUT2D eigenvalue weighted by molar-refractivity contribution is 5.75. The summed E-state index contributed by atoms with van der Waals surface area (Å²) in [5, 5.41) is 0. The summed E-state index contributed by atoms with van der Waals surface area (Å²) >= 11 is 0. The summed E-state index contributed by atoms with van der Waals surface area (Å²) in [5.41, 5.74) is 3.70. The third kappa shape index (κ3) is 5.42. The van der Waals surface area contributed by atoms with Crippen LogP contribution in [0, 0.1) is 0 Å². The maximum Gasteiger partial charge on any atom is 0.119 e. The second-order valence-electron chi connectivity index (χ2n) is 9.74. The molecule has 2 aliphatic heterocycles. The van der Waals surface area contributed by atoms with Gasteiger partial charge in [0, 0.05) is 31.7 Å². The van der Waals surface area contributed by atoms with Crippen molar-refractivity contribution in [3.63, 3.8) is 0 Å². The summed E-state index contributed by atoms with van der Waals surface area (Å²) in [4.78, 5) is 7.22. The van der Waals surface area contributed by atoms with E-state index in [1.54, 1.807) is 0 Å². The SMILES string of the molecule is c1ccc2c(c1)ncn2CC1(c2ccc(OCCCN3CCCCCC3)cc2)CCOCC1. The van der Waals surface area contributed by atoms with Crippen LogP contribution in [0.2, 0.25) is 0 Å². The van der Waals surface area contributed by atoms with Crippen molar-refractivity contribution in [3.8, 4) is 5.75 Å². The zero-order valence-electron chi connectivity index (χ0n) is 19.8. The molecule has 5 rings (SSSR count). The van der Waals surface area contributed by atoms with Crippen molar-refractivity contribution in [3.05, 3.63) is 60.4 Å². The van der Waals surface area contributed by atoms with Crippen molar-refractivity contribution in [2.45, 2.75) is 56.9 Å². The Morgan fingerprint density at radius 1 is 0.909 bits per heavy atom. The molecule has 176 valence electrons. The quantitative estimate of drug-likeness (QED) is 0.432. The molecule has 5 heteroatoms. The van der Waals surface area contributed by atoms with Gasteiger partial charge in [0.1, 0.15) is 5.75 Å². The highest BCUT2D eigenvalue weighted by atomic mass is 16.5. The van der Waals surface area contributed by atoms with Crippen LogP contribution >= 0.6 is 0 Å². The van der Waals surface area contributed by atoms with E-state index in [2.05, 4.69) is 63.0 Å². The molecule has 2 saturated heterocycles. The molecule has 0 saturated carbocycles. The first-order valence-electron chi connectivity index (χ1n) is 12.8. The molecule has 0 aliphatic carbocycles. The molecule has 0 amide bonds. The standard InChI is InChI=1S/C28H37N3O2/c1-2-6-17-30(16-5-1)18-7-19-33-25-12-10-24(11-13-25)28(14-20-32-21-15-28)22-31-23-29-26-8-3-4-9-27(26)31/h3-4,8-13,23H,1-2,5-7,14-22H2. The average Bonchev–Trinajstić information content (AvgIpc) is 3.08. The van der Waals surface area contributed by atoms with Gasteiger partial charge in [-0.05, 0) is 75.0 Å². The van der Waals surface area contributed by atoms with Crippen LogP contribution in [0.4, 0.5) is 0 Å². The number of aromatic nitrogens is 2. The van der Waals surface area contributed by atoms with Crippen LogP contribution in [0.15, 0.2) is 54.9 Å². The molecule has 0 spiro atoms. The summed E-state index contributed by atoms with van der Waals surface area (Å²) in [6.07, 6.45) is 10.6. The Morgan fingerprint density at radius 3 is 2.45 bits per heavy atom. The molecule has 1 aromatic heterocycles. The molecule has 2 aromatic carbocycles. The number of ether oxygens (including phenoxy) is 2. The fourth-order valence-electron chi connectivity index (χ4n) is 5.51. The number of likely N-dealkylation sites (tertiary alicyclic amines) is 1. The minimum Gasteiger partial charge on any atom is -0.494 e. The lowest BCUT2D eigenvalue weighted by atomic mass is 9.74. The lowest BCUT2D eigenvalue weighted by Crippen LogP contribution is -2.37. The van der Waals surface area contributed by atoms with Crippen molar-refractivity contribution in [1.29, 1.82) is 0 Å². The maximum atomic E-state index is 6.10. The number of imidazole rings is 1. The van der Waals surface area contributed by atoms with Crippen LogP contribution in [-0.4, -0.2) is 53.9 Å². The fourth-order valence-corrected chi connectivity index (χ4v) is 5.51. The lowest BCUT2D eigenvalue weighted by molar-refractivity contribution is 0.0438. The van der Waals surface area contributed by atoms with Crippen LogP contribution in [0.25, 0.3) is 11.0 Å². The molecule has 0 atom stereocenters. The third-order valence-electron chi connectivity index (χ3n) is 7.50. The summed E-state index contributed by atoms with van der Waals surface area (Å²) in [6, 6.07) is 17.3. The highest BCUT2D eigenvalue weighted by Crippen LogP contribution is 2.38. The number of hydrogen-bond donors (Lipinski definition) is 0. The van der Waals surface area contributed by atoms with E-state index in [1.807, 2.05) is 6.33 Å². The van der Waals surface area contributed by atoms with E-state index in [1.165, 1.54) is 49.9 Å². The van der Waals surface area contributed by atoms with Gasteiger partial charge >= 0.3 is 0 Å². The molecule has 0 bridgehead atoms. The molecule has 5 nitrogen and oxygen atoms in total. The van der Waals surface area contributed by atoms with Crippen LogP contribution in [0.5, 0.6) is 5.75 Å². The zero-order chi connectivity index (χ0) is 22.3. The van der Waals surface area contributed by atoms with Crippen molar-refractivity contribution in [1.82, 2.24) is 14.5 Å². The Labute approximate surface area is 197 Å². The predicted octanol–water partition coefficient (Wildman–Crippen LogP) is 5.43. The first-order valence-corrected chi connectivity index (χ1v) is 12.8. The first kappa shape index (κ1) is 22.4. The molecule has 0 N–H and O–H groups in total. The van der Waals surface area contributed by atoms with Gasteiger partial charge in [-0.1, -0.05) is 37.1 Å². The number of para-hydroxylation sites is 2. The molecule has 3 aromatic rings. The van der Waals surface area contributed by atoms with Gasteiger partial charge in [0.2, 0.25) is 0 Å². The average molecular weight is 448 g/mol. The number of hydrogen-bond acceptors (Lipinski definition) is 4. The number of rotatable bonds is 8. The number of fused-ring (bicyclic) bond motifs is 1. The highest BCUT2D eigenvalue weighted by Gasteiger charge is 2.35. The van der Waals surface area contributed by atoms with Crippen LogP contribution < -0.4 is 4.74 Å². The Kier molecular flexibility index (Phi) is 7.27. The Bertz CT molecular complexity index is 999. The second kappa shape index (κ2) is 10.7. The van der Waals surface area contributed by atoms with E-state index in [4.69, 9.17) is 9.47 Å². The van der Waals surface area contributed by atoms with E-state index in [-0.39, 0.29) is 5.41 Å². The summed E-state index contributed by atoms with van der Waals surface area (Å²) in [7, 11) is 0. The van der Waals surface area contributed by atoms with E-state index < -0.39 is 0 Å². The summed E-state index contributed by atoms with van der Waals surface area (Å²) < 4.78 is 14.2. The maximum absolute atomic E-state index is 6.10. The molecule has 0 unspecified atom stereocenters. The van der Waals surface area contributed by atoms with Crippen molar-refractivity contribution < 1.29 is 9.47 Å². The lowest BCUT2D eigenvalue weighted by Gasteiger charge is -2.38. The van der Waals surface area contributed by atoms with Gasteiger partial charge in [-0.2, -0.15) is 0 Å². The molecule has 3 heterocycles. The van der Waals surface area contributed by atoms with Crippen LogP contribution in [0.1, 0.15) is 50.5 Å². The van der Waals surface area contributed by atoms with Gasteiger partial charge in [-0.25, -0.2) is 4.98 Å². The second-order valence-corrected chi connectivity index (χ2v) is 9.74. The largest absolute Gasteiger partial charge is 0.494 e. The normalized spacial score (nSPS) is 19.4. The van der Waals surface area contributed by atoms with Crippen LogP contribution in [0.3, 0.4) is 0 Å². The van der Waals surface area contributed by atoms with Gasteiger partial charge in [-0.3, -0.25) is 0 Å². The summed E-state index contributed by atoms with van der Waals surface area (Å²) in [6.45, 7) is 6.99. The number of benzene rings is 2. The summed E-state index contributed by atoms with van der Waals surface area (Å²) in [5.74, 6) is 0.977. The number of nitrogens with zero attached hydrogens (tertiary/aromatic N) is 3. The predicted molar refractivity (Wildman–Crippen MR) is 133 cm³/mol. The van der Waals surface area contributed by atoms with E-state index in [0.29, 0.717) is 0 Å². The molecule has 33 heavy (non-hydrogen) atoms.